The minimum Gasteiger partial charge on any atom is -0.296 e. The Balaban J connectivity index is 2.30. The summed E-state index contributed by atoms with van der Waals surface area (Å²) in [6.07, 6.45) is 5.65. The lowest BCUT2D eigenvalue weighted by molar-refractivity contribution is 0.751. The molecule has 0 saturated carbocycles. The van der Waals surface area contributed by atoms with Crippen molar-refractivity contribution in [3.63, 3.8) is 0 Å². The average molecular weight is 129 g/mol. The smallest absolute Gasteiger partial charge is 0.0501 e. The molecule has 0 aromatic rings. The van der Waals surface area contributed by atoms with Crippen LogP contribution in [-0.4, -0.2) is 18.0 Å². The van der Waals surface area contributed by atoms with Gasteiger partial charge in [-0.25, -0.2) is 0 Å². The van der Waals surface area contributed by atoms with Crippen molar-refractivity contribution in [1.82, 2.24) is 0 Å². The largest absolute Gasteiger partial charge is 0.296 e. The van der Waals surface area contributed by atoms with Gasteiger partial charge in [-0.05, 0) is 25.5 Å². The van der Waals surface area contributed by atoms with Crippen LogP contribution in [0.2, 0.25) is 0 Å². The zero-order valence-corrected chi connectivity index (χ0v) is 5.77. The molecule has 0 saturated heterocycles. The van der Waals surface area contributed by atoms with E-state index >= 15 is 0 Å². The van der Waals surface area contributed by atoms with Crippen molar-refractivity contribution in [1.29, 1.82) is 0 Å². The molecule has 1 aliphatic rings. The van der Waals surface area contributed by atoms with E-state index in [0.717, 1.165) is 13.0 Å². The standard InChI is InChI=1S/C6H11NS/c8-6-3-1-2-4-7-5-6/h4,6,8H,1-3,5H2. The van der Waals surface area contributed by atoms with Crippen LogP contribution in [0.1, 0.15) is 19.3 Å². The van der Waals surface area contributed by atoms with Crippen LogP contribution in [0.15, 0.2) is 4.99 Å². The molecule has 0 aliphatic carbocycles. The third kappa shape index (κ3) is 1.86. The molecular weight excluding hydrogens is 118 g/mol. The van der Waals surface area contributed by atoms with Gasteiger partial charge in [-0.15, -0.1) is 0 Å². The van der Waals surface area contributed by atoms with E-state index in [1.165, 1.54) is 12.8 Å². The topological polar surface area (TPSA) is 12.4 Å². The highest BCUT2D eigenvalue weighted by atomic mass is 32.1. The van der Waals surface area contributed by atoms with Gasteiger partial charge in [0.25, 0.3) is 0 Å². The van der Waals surface area contributed by atoms with E-state index in [2.05, 4.69) is 17.6 Å². The Morgan fingerprint density at radius 3 is 3.38 bits per heavy atom. The molecule has 0 radical (unpaired) electrons. The fourth-order valence-electron chi connectivity index (χ4n) is 0.824. The summed E-state index contributed by atoms with van der Waals surface area (Å²) in [4.78, 5) is 4.15. The second-order valence-corrected chi connectivity index (χ2v) is 2.86. The van der Waals surface area contributed by atoms with E-state index in [-0.39, 0.29) is 0 Å². The van der Waals surface area contributed by atoms with Gasteiger partial charge in [0, 0.05) is 5.25 Å². The van der Waals surface area contributed by atoms with Crippen LogP contribution in [0.3, 0.4) is 0 Å². The van der Waals surface area contributed by atoms with Gasteiger partial charge in [-0.3, -0.25) is 4.99 Å². The van der Waals surface area contributed by atoms with Crippen LogP contribution >= 0.6 is 12.6 Å². The Morgan fingerprint density at radius 1 is 1.62 bits per heavy atom. The van der Waals surface area contributed by atoms with Gasteiger partial charge in [0.1, 0.15) is 0 Å². The molecule has 1 atom stereocenters. The summed E-state index contributed by atoms with van der Waals surface area (Å²) in [5.74, 6) is 0. The fraction of sp³-hybridized carbons (Fsp3) is 0.833. The van der Waals surface area contributed by atoms with Gasteiger partial charge >= 0.3 is 0 Å². The lowest BCUT2D eigenvalue weighted by atomic mass is 10.2. The summed E-state index contributed by atoms with van der Waals surface area (Å²) in [5, 5.41) is 0.522. The van der Waals surface area contributed by atoms with E-state index in [1.807, 2.05) is 6.21 Å². The quantitative estimate of drug-likeness (QED) is 0.476. The molecule has 2 heteroatoms. The van der Waals surface area contributed by atoms with E-state index in [9.17, 15) is 0 Å². The maximum Gasteiger partial charge on any atom is 0.0501 e. The molecular formula is C6H11NS. The Kier molecular flexibility index (Phi) is 2.40. The molecule has 0 bridgehead atoms. The highest BCUT2D eigenvalue weighted by Gasteiger charge is 2.02. The van der Waals surface area contributed by atoms with Crippen molar-refractivity contribution in [2.45, 2.75) is 24.5 Å². The summed E-state index contributed by atoms with van der Waals surface area (Å²) >= 11 is 4.32. The molecule has 0 aromatic heterocycles. The van der Waals surface area contributed by atoms with Crippen LogP contribution in [0.5, 0.6) is 0 Å². The summed E-state index contributed by atoms with van der Waals surface area (Å²) < 4.78 is 0. The third-order valence-corrected chi connectivity index (χ3v) is 1.74. The maximum atomic E-state index is 4.32. The van der Waals surface area contributed by atoms with Crippen molar-refractivity contribution < 1.29 is 0 Å². The highest BCUT2D eigenvalue weighted by molar-refractivity contribution is 7.81. The van der Waals surface area contributed by atoms with Crippen molar-refractivity contribution in [2.24, 2.45) is 4.99 Å². The van der Waals surface area contributed by atoms with Gasteiger partial charge in [-0.1, -0.05) is 0 Å². The molecule has 1 rings (SSSR count). The third-order valence-electron chi connectivity index (χ3n) is 1.32. The first kappa shape index (κ1) is 6.14. The molecule has 1 unspecified atom stereocenters. The van der Waals surface area contributed by atoms with Crippen molar-refractivity contribution in [2.75, 3.05) is 6.54 Å². The normalized spacial score (nSPS) is 29.9. The molecule has 0 fully saturated rings. The molecule has 8 heavy (non-hydrogen) atoms. The summed E-state index contributed by atoms with van der Waals surface area (Å²) in [6.45, 7) is 0.920. The van der Waals surface area contributed by atoms with Gasteiger partial charge < -0.3 is 0 Å². The predicted molar refractivity (Wildman–Crippen MR) is 40.0 cm³/mol. The van der Waals surface area contributed by atoms with Crippen LogP contribution in [-0.2, 0) is 0 Å². The predicted octanol–water partition coefficient (Wildman–Crippen LogP) is 1.54. The Bertz CT molecular complexity index is 90.5. The lowest BCUT2D eigenvalue weighted by Gasteiger charge is -2.00. The summed E-state index contributed by atoms with van der Waals surface area (Å²) in [5.41, 5.74) is 0. The van der Waals surface area contributed by atoms with Crippen molar-refractivity contribution >= 4 is 18.8 Å². The van der Waals surface area contributed by atoms with E-state index in [4.69, 9.17) is 0 Å². The molecule has 1 heterocycles. The van der Waals surface area contributed by atoms with Crippen LogP contribution < -0.4 is 0 Å². The number of thiol groups is 1. The Morgan fingerprint density at radius 2 is 2.50 bits per heavy atom. The van der Waals surface area contributed by atoms with Gasteiger partial charge in [-0.2, -0.15) is 12.6 Å². The maximum absolute atomic E-state index is 4.32. The number of rotatable bonds is 0. The molecule has 0 aromatic carbocycles. The monoisotopic (exact) mass is 129 g/mol. The molecule has 1 aliphatic heterocycles. The highest BCUT2D eigenvalue weighted by Crippen LogP contribution is 2.09. The SMILES string of the molecule is SC1CCCC=NC1. The molecule has 0 N–H and O–H groups in total. The lowest BCUT2D eigenvalue weighted by Crippen LogP contribution is -1.99. The first-order valence-corrected chi connectivity index (χ1v) is 3.57. The Hall–Kier alpha value is 0.0200. The number of hydrogen-bond acceptors (Lipinski definition) is 2. The minimum atomic E-state index is 0.522. The average Bonchev–Trinajstić information content (AvgIpc) is 1.94. The van der Waals surface area contributed by atoms with E-state index in [0.29, 0.717) is 5.25 Å². The number of nitrogens with zero attached hydrogens (tertiary/aromatic N) is 1. The first-order chi connectivity index (χ1) is 3.89. The first-order valence-electron chi connectivity index (χ1n) is 3.06. The zero-order chi connectivity index (χ0) is 5.82. The molecule has 46 valence electrons. The van der Waals surface area contributed by atoms with Crippen LogP contribution in [0.25, 0.3) is 0 Å². The minimum absolute atomic E-state index is 0.522. The van der Waals surface area contributed by atoms with Crippen LogP contribution in [0.4, 0.5) is 0 Å². The number of hydrogen-bond donors (Lipinski definition) is 1. The molecule has 1 nitrogen and oxygen atoms in total. The molecule has 0 amide bonds. The van der Waals surface area contributed by atoms with Crippen LogP contribution in [0, 0.1) is 0 Å². The second kappa shape index (κ2) is 3.13. The van der Waals surface area contributed by atoms with E-state index in [1.54, 1.807) is 0 Å². The fourth-order valence-corrected chi connectivity index (χ4v) is 1.10. The van der Waals surface area contributed by atoms with E-state index < -0.39 is 0 Å². The van der Waals surface area contributed by atoms with Gasteiger partial charge in [0.15, 0.2) is 0 Å². The molecule has 0 spiro atoms. The van der Waals surface area contributed by atoms with Gasteiger partial charge in [0.05, 0.1) is 6.54 Å². The zero-order valence-electron chi connectivity index (χ0n) is 4.88. The van der Waals surface area contributed by atoms with Gasteiger partial charge in [0.2, 0.25) is 0 Å². The van der Waals surface area contributed by atoms with Crippen molar-refractivity contribution in [3.05, 3.63) is 0 Å². The summed E-state index contributed by atoms with van der Waals surface area (Å²) in [7, 11) is 0. The Labute approximate surface area is 55.6 Å². The summed E-state index contributed by atoms with van der Waals surface area (Å²) in [6, 6.07) is 0. The van der Waals surface area contributed by atoms with Crippen molar-refractivity contribution in [3.8, 4) is 0 Å². The number of aliphatic imine (C=N–C) groups is 1. The second-order valence-electron chi connectivity index (χ2n) is 2.13.